The molecule has 5 rings (SSSR count). The molecule has 1 aromatic heterocycles. The molecule has 4 aliphatic rings. The number of hydrogen-bond acceptors (Lipinski definition) is 5. The Morgan fingerprint density at radius 1 is 1.26 bits per heavy atom. The predicted octanol–water partition coefficient (Wildman–Crippen LogP) is 2.99. The van der Waals surface area contributed by atoms with Gasteiger partial charge in [-0.1, -0.05) is 25.2 Å². The Kier molecular flexibility index (Phi) is 4.83. The zero-order valence-electron chi connectivity index (χ0n) is 18.1. The molecule has 2 fully saturated rings. The summed E-state index contributed by atoms with van der Waals surface area (Å²) in [7, 11) is 1.34. The van der Waals surface area contributed by atoms with Gasteiger partial charge in [0.2, 0.25) is 5.91 Å². The second-order valence-corrected chi connectivity index (χ2v) is 9.39. The number of Topliss-reactive ketones (excluding diaryl/α,β-unsaturated/α-hetero) is 1. The highest BCUT2D eigenvalue weighted by Gasteiger charge is 2.59. The second-order valence-electron chi connectivity index (χ2n) is 9.39. The molecule has 0 N–H and O–H groups in total. The van der Waals surface area contributed by atoms with E-state index >= 15 is 0 Å². The lowest BCUT2D eigenvalue weighted by Crippen LogP contribution is -2.45. The lowest BCUT2D eigenvalue weighted by molar-refractivity contribution is -0.156. The van der Waals surface area contributed by atoms with E-state index in [2.05, 4.69) is 31.2 Å². The molecule has 1 aliphatic heterocycles. The third-order valence-corrected chi connectivity index (χ3v) is 7.06. The number of amides is 1. The molecule has 2 heterocycles. The summed E-state index contributed by atoms with van der Waals surface area (Å²) in [5, 5.41) is 0. The predicted molar refractivity (Wildman–Crippen MR) is 116 cm³/mol. The van der Waals surface area contributed by atoms with Crippen LogP contribution < -0.4 is 0 Å². The number of fused-ring (bicyclic) bond motifs is 1. The Morgan fingerprint density at radius 2 is 2.03 bits per heavy atom. The van der Waals surface area contributed by atoms with Gasteiger partial charge in [0.15, 0.2) is 0 Å². The molecule has 0 bridgehead atoms. The number of carbonyl (C=O) groups is 3. The van der Waals surface area contributed by atoms with Crippen molar-refractivity contribution in [3.63, 3.8) is 0 Å². The minimum Gasteiger partial charge on any atom is -0.468 e. The summed E-state index contributed by atoms with van der Waals surface area (Å²) in [6.07, 6.45) is 10.7. The van der Waals surface area contributed by atoms with Gasteiger partial charge in [0.25, 0.3) is 0 Å². The maximum atomic E-state index is 13.0. The maximum Gasteiger partial charge on any atom is 0.321 e. The molecule has 31 heavy (non-hydrogen) atoms. The van der Waals surface area contributed by atoms with Crippen molar-refractivity contribution in [3.05, 3.63) is 40.7 Å². The number of rotatable bonds is 6. The van der Waals surface area contributed by atoms with Crippen molar-refractivity contribution < 1.29 is 19.1 Å². The molecule has 0 spiro atoms. The lowest BCUT2D eigenvalue weighted by atomic mass is 9.86. The number of aromatic nitrogens is 1. The van der Waals surface area contributed by atoms with Crippen LogP contribution in [0.5, 0.6) is 0 Å². The Bertz CT molecular complexity index is 1030. The van der Waals surface area contributed by atoms with Crippen LogP contribution in [0.4, 0.5) is 0 Å². The summed E-state index contributed by atoms with van der Waals surface area (Å²) >= 11 is 0. The molecule has 6 nitrogen and oxygen atoms in total. The molecular weight excluding hydrogens is 392 g/mol. The van der Waals surface area contributed by atoms with E-state index in [9.17, 15) is 14.4 Å². The first-order chi connectivity index (χ1) is 14.9. The van der Waals surface area contributed by atoms with Gasteiger partial charge in [-0.15, -0.1) is 0 Å². The fraction of sp³-hybridized carbons (Fsp3) is 0.520. The van der Waals surface area contributed by atoms with Crippen LogP contribution in [-0.2, 0) is 32.0 Å². The monoisotopic (exact) mass is 420 g/mol. The highest BCUT2D eigenvalue weighted by atomic mass is 16.5. The van der Waals surface area contributed by atoms with Crippen molar-refractivity contribution >= 4 is 29.3 Å². The van der Waals surface area contributed by atoms with Crippen LogP contribution >= 0.6 is 0 Å². The Hall–Kier alpha value is -2.76. The van der Waals surface area contributed by atoms with E-state index in [-0.39, 0.29) is 17.7 Å². The highest BCUT2D eigenvalue weighted by Crippen LogP contribution is 2.49. The average Bonchev–Trinajstić information content (AvgIpc) is 3.69. The van der Waals surface area contributed by atoms with E-state index in [0.29, 0.717) is 38.1 Å². The van der Waals surface area contributed by atoms with Gasteiger partial charge < -0.3 is 9.64 Å². The quantitative estimate of drug-likeness (QED) is 0.522. The van der Waals surface area contributed by atoms with E-state index in [1.54, 1.807) is 4.90 Å². The molecule has 6 heteroatoms. The number of ketones is 1. The van der Waals surface area contributed by atoms with E-state index < -0.39 is 11.4 Å². The first-order valence-electron chi connectivity index (χ1n) is 11.2. The van der Waals surface area contributed by atoms with E-state index in [1.165, 1.54) is 12.7 Å². The van der Waals surface area contributed by atoms with Gasteiger partial charge in [-0.2, -0.15) is 0 Å². The van der Waals surface area contributed by atoms with Gasteiger partial charge >= 0.3 is 5.97 Å². The van der Waals surface area contributed by atoms with Gasteiger partial charge in [-0.25, -0.2) is 0 Å². The van der Waals surface area contributed by atoms with Crippen molar-refractivity contribution in [1.82, 2.24) is 9.88 Å². The van der Waals surface area contributed by atoms with Crippen molar-refractivity contribution in [1.29, 1.82) is 0 Å². The number of hydrogen-bond donors (Lipinski definition) is 0. The molecule has 0 aromatic carbocycles. The van der Waals surface area contributed by atoms with Gasteiger partial charge in [0.1, 0.15) is 11.2 Å². The molecule has 2 saturated carbocycles. The van der Waals surface area contributed by atoms with E-state index in [0.717, 1.165) is 41.8 Å². The maximum absolute atomic E-state index is 13.0. The SMILES string of the molecule is COC(=O)C1(C(=O)N2CC=C(c3cc(CC(=O)C4CC4)nc4c3C=CC4)C(C)C2)CC1. The molecule has 1 amide bonds. The third kappa shape index (κ3) is 3.52. The van der Waals surface area contributed by atoms with Crippen molar-refractivity contribution in [2.75, 3.05) is 20.2 Å². The second kappa shape index (κ2) is 7.43. The van der Waals surface area contributed by atoms with Crippen LogP contribution in [-0.4, -0.2) is 47.7 Å². The number of carbonyl (C=O) groups excluding carboxylic acids is 3. The Balaban J connectivity index is 1.41. The van der Waals surface area contributed by atoms with Gasteiger partial charge in [-0.05, 0) is 48.8 Å². The van der Waals surface area contributed by atoms with E-state index in [1.807, 2.05) is 0 Å². The van der Waals surface area contributed by atoms with Gasteiger partial charge in [0, 0.05) is 43.1 Å². The van der Waals surface area contributed by atoms with Crippen LogP contribution in [0.2, 0.25) is 0 Å². The summed E-state index contributed by atoms with van der Waals surface area (Å²) < 4.78 is 4.88. The molecule has 0 saturated heterocycles. The molecule has 1 atom stereocenters. The smallest absolute Gasteiger partial charge is 0.321 e. The topological polar surface area (TPSA) is 76.6 Å². The number of nitrogens with zero attached hydrogens (tertiary/aromatic N) is 2. The molecule has 3 aliphatic carbocycles. The Morgan fingerprint density at radius 3 is 2.68 bits per heavy atom. The lowest BCUT2D eigenvalue weighted by Gasteiger charge is -2.34. The largest absolute Gasteiger partial charge is 0.468 e. The first kappa shape index (κ1) is 20.2. The van der Waals surface area contributed by atoms with E-state index in [4.69, 9.17) is 9.72 Å². The number of allylic oxidation sites excluding steroid dienone is 1. The minimum absolute atomic E-state index is 0.114. The van der Waals surface area contributed by atoms with Crippen LogP contribution in [0.3, 0.4) is 0 Å². The van der Waals surface area contributed by atoms with Gasteiger partial charge in [-0.3, -0.25) is 19.4 Å². The number of methoxy groups -OCH3 is 1. The highest BCUT2D eigenvalue weighted by molar-refractivity contribution is 6.05. The van der Waals surface area contributed by atoms with Crippen LogP contribution in [0, 0.1) is 17.3 Å². The summed E-state index contributed by atoms with van der Waals surface area (Å²) in [6, 6.07) is 2.07. The average molecular weight is 421 g/mol. The standard InChI is InChI=1S/C25H28N2O4/c1-15-14-27(23(29)25(9-10-25)24(30)31-2)11-8-18(15)20-12-17(13-22(28)16-6-7-16)26-21-5-3-4-19(20)21/h3-4,8,12,15-16H,5-7,9-11,13-14H2,1-2H3. The van der Waals surface area contributed by atoms with Crippen LogP contribution in [0.1, 0.15) is 55.1 Å². The van der Waals surface area contributed by atoms with Crippen LogP contribution in [0.25, 0.3) is 11.6 Å². The molecule has 1 aromatic rings. The summed E-state index contributed by atoms with van der Waals surface area (Å²) in [6.45, 7) is 3.17. The molecular formula is C25H28N2O4. The fourth-order valence-electron chi connectivity index (χ4n) is 4.94. The Labute approximate surface area is 182 Å². The normalized spacial score (nSPS) is 23.2. The third-order valence-electron chi connectivity index (χ3n) is 7.06. The fourth-order valence-corrected chi connectivity index (χ4v) is 4.94. The summed E-state index contributed by atoms with van der Waals surface area (Å²) in [5.74, 6) is 0.121. The zero-order valence-corrected chi connectivity index (χ0v) is 18.1. The summed E-state index contributed by atoms with van der Waals surface area (Å²) in [5.41, 5.74) is 4.38. The number of ether oxygens (including phenoxy) is 1. The van der Waals surface area contributed by atoms with Crippen molar-refractivity contribution in [2.45, 2.75) is 45.4 Å². The van der Waals surface area contributed by atoms with Gasteiger partial charge in [0.05, 0.1) is 12.8 Å². The van der Waals surface area contributed by atoms with Crippen molar-refractivity contribution in [2.24, 2.45) is 17.3 Å². The minimum atomic E-state index is -0.962. The number of esters is 1. The molecule has 1 unspecified atom stereocenters. The molecule has 162 valence electrons. The van der Waals surface area contributed by atoms with Crippen molar-refractivity contribution in [3.8, 4) is 0 Å². The van der Waals surface area contributed by atoms with Crippen LogP contribution in [0.15, 0.2) is 18.2 Å². The summed E-state index contributed by atoms with van der Waals surface area (Å²) in [4.78, 5) is 44.1. The molecule has 0 radical (unpaired) electrons. The zero-order chi connectivity index (χ0) is 21.8. The number of pyridine rings is 1. The first-order valence-corrected chi connectivity index (χ1v) is 11.2.